The van der Waals surface area contributed by atoms with Crippen LogP contribution in [0.25, 0.3) is 0 Å². The van der Waals surface area contributed by atoms with Crippen LogP contribution < -0.4 is 0 Å². The first-order valence-electron chi connectivity index (χ1n) is 3.27. The summed E-state index contributed by atoms with van der Waals surface area (Å²) in [5, 5.41) is -12.4. The maximum Gasteiger partial charge on any atom is 0.393 e. The van der Waals surface area contributed by atoms with Gasteiger partial charge in [-0.3, -0.25) is 0 Å². The van der Waals surface area contributed by atoms with Gasteiger partial charge in [0.25, 0.3) is 0 Å². The zero-order valence-corrected chi connectivity index (χ0v) is 8.55. The first-order valence-corrected chi connectivity index (χ1v) is 4.02. The Balaban J connectivity index is 5.73. The van der Waals surface area contributed by atoms with E-state index in [1.54, 1.807) is 0 Å². The van der Waals surface area contributed by atoms with Crippen molar-refractivity contribution in [2.45, 2.75) is 28.5 Å². The van der Waals surface area contributed by atoms with Gasteiger partial charge in [0.2, 0.25) is 0 Å². The fourth-order valence-electron chi connectivity index (χ4n) is 0.553. The van der Waals surface area contributed by atoms with Crippen LogP contribution >= 0.6 is 23.2 Å². The van der Waals surface area contributed by atoms with Crippen LogP contribution in [0.2, 0.25) is 0 Å². The Bertz CT molecular complexity index is 258. The van der Waals surface area contributed by atoms with Crippen LogP contribution in [-0.4, -0.2) is 28.5 Å². The average Bonchev–Trinajstić information content (AvgIpc) is 1.98. The Morgan fingerprint density at radius 3 is 0.706 bits per heavy atom. The molecule has 0 atom stereocenters. The molecule has 0 unspecified atom stereocenters. The fourth-order valence-corrected chi connectivity index (χ4v) is 0.791. The molecule has 0 aromatic rings. The minimum atomic E-state index is -7.17. The maximum absolute atomic E-state index is 12.3. The van der Waals surface area contributed by atoms with Crippen molar-refractivity contribution in [1.29, 1.82) is 0 Å². The van der Waals surface area contributed by atoms with Crippen molar-refractivity contribution in [3.63, 3.8) is 0 Å². The molecule has 17 heavy (non-hydrogen) atoms. The van der Waals surface area contributed by atoms with Crippen LogP contribution in [-0.2, 0) is 0 Å². The zero-order chi connectivity index (χ0) is 14.5. The SMILES string of the molecule is FC(F)(Cl)C(F)(F)C(F)(F)C(F)(F)C(F)(F)Cl. The number of halogens is 12. The van der Waals surface area contributed by atoms with Gasteiger partial charge in [-0.25, -0.2) is 0 Å². The predicted molar refractivity (Wildman–Crippen MR) is 36.4 cm³/mol. The molecule has 0 aliphatic heterocycles. The number of hydrogen-bond acceptors (Lipinski definition) is 0. The van der Waals surface area contributed by atoms with Gasteiger partial charge in [0.05, 0.1) is 0 Å². The van der Waals surface area contributed by atoms with Crippen molar-refractivity contribution < 1.29 is 43.9 Å². The fraction of sp³-hybridized carbons (Fsp3) is 1.00. The van der Waals surface area contributed by atoms with Crippen molar-refractivity contribution in [2.24, 2.45) is 0 Å². The van der Waals surface area contributed by atoms with E-state index >= 15 is 0 Å². The summed E-state index contributed by atoms with van der Waals surface area (Å²) in [7, 11) is 0. The summed E-state index contributed by atoms with van der Waals surface area (Å²) in [6.45, 7) is 0. The molecular formula is C5Cl2F10. The Morgan fingerprint density at radius 1 is 0.412 bits per heavy atom. The van der Waals surface area contributed by atoms with E-state index in [2.05, 4.69) is 23.2 Å². The van der Waals surface area contributed by atoms with E-state index in [-0.39, 0.29) is 0 Å². The molecule has 0 radical (unpaired) electrons. The van der Waals surface area contributed by atoms with E-state index in [0.717, 1.165) is 0 Å². The van der Waals surface area contributed by atoms with Crippen molar-refractivity contribution >= 4 is 23.2 Å². The first-order chi connectivity index (χ1) is 7.00. The van der Waals surface area contributed by atoms with Gasteiger partial charge in [0.15, 0.2) is 0 Å². The van der Waals surface area contributed by atoms with Gasteiger partial charge < -0.3 is 0 Å². The molecular weight excluding hydrogens is 321 g/mol. The van der Waals surface area contributed by atoms with Gasteiger partial charge in [-0.05, 0) is 23.2 Å². The number of hydrogen-bond donors (Lipinski definition) is 0. The standard InChI is InChI=1S/C5Cl2F10/c6-4(14,15)2(10,11)1(8,9)3(12,13)5(7,16)17. The smallest absolute Gasteiger partial charge is 0.192 e. The zero-order valence-electron chi connectivity index (χ0n) is 7.04. The topological polar surface area (TPSA) is 0 Å². The van der Waals surface area contributed by atoms with Crippen LogP contribution in [0, 0.1) is 0 Å². The molecule has 0 amide bonds. The quantitative estimate of drug-likeness (QED) is 0.526. The molecule has 0 heterocycles. The summed E-state index contributed by atoms with van der Waals surface area (Å²) in [5.41, 5.74) is 0. The normalized spacial score (nSPS) is 16.2. The number of alkyl halides is 12. The third-order valence-corrected chi connectivity index (χ3v) is 1.98. The lowest BCUT2D eigenvalue weighted by molar-refractivity contribution is -0.375. The lowest BCUT2D eigenvalue weighted by Gasteiger charge is -2.35. The summed E-state index contributed by atoms with van der Waals surface area (Å²) in [5.74, 6) is -21.1. The highest BCUT2D eigenvalue weighted by atomic mass is 35.5. The summed E-state index contributed by atoms with van der Waals surface area (Å²) in [6.07, 6.45) is 0. The first kappa shape index (κ1) is 16.9. The van der Waals surface area contributed by atoms with E-state index in [1.807, 2.05) is 0 Å². The molecule has 104 valence electrons. The number of rotatable bonds is 4. The summed E-state index contributed by atoms with van der Waals surface area (Å²) < 4.78 is 121. The van der Waals surface area contributed by atoms with Gasteiger partial charge in [-0.1, -0.05) is 0 Å². The highest BCUT2D eigenvalue weighted by Crippen LogP contribution is 2.58. The molecule has 0 spiro atoms. The molecule has 12 heteroatoms. The van der Waals surface area contributed by atoms with Crippen molar-refractivity contribution in [1.82, 2.24) is 0 Å². The molecule has 0 aromatic heterocycles. The highest BCUT2D eigenvalue weighted by molar-refractivity contribution is 6.23. The highest BCUT2D eigenvalue weighted by Gasteiger charge is 2.86. The second-order valence-electron chi connectivity index (χ2n) is 2.72. The van der Waals surface area contributed by atoms with Gasteiger partial charge in [0, 0.05) is 0 Å². The Labute approximate surface area is 96.5 Å². The van der Waals surface area contributed by atoms with Gasteiger partial charge >= 0.3 is 28.5 Å². The van der Waals surface area contributed by atoms with E-state index in [9.17, 15) is 43.9 Å². The molecule has 0 rings (SSSR count). The van der Waals surface area contributed by atoms with Crippen LogP contribution in [0.3, 0.4) is 0 Å². The largest absolute Gasteiger partial charge is 0.393 e. The lowest BCUT2D eigenvalue weighted by Crippen LogP contribution is -2.64. The van der Waals surface area contributed by atoms with Crippen molar-refractivity contribution in [3.8, 4) is 0 Å². The van der Waals surface area contributed by atoms with Gasteiger partial charge in [-0.2, -0.15) is 43.9 Å². The van der Waals surface area contributed by atoms with E-state index in [4.69, 9.17) is 0 Å². The Hall–Kier alpha value is -0.120. The third-order valence-electron chi connectivity index (χ3n) is 1.50. The summed E-state index contributed by atoms with van der Waals surface area (Å²) in [4.78, 5) is 0. The second-order valence-corrected chi connectivity index (χ2v) is 3.67. The van der Waals surface area contributed by atoms with E-state index < -0.39 is 28.5 Å². The monoisotopic (exact) mass is 320 g/mol. The molecule has 0 saturated heterocycles. The summed E-state index contributed by atoms with van der Waals surface area (Å²) in [6, 6.07) is 0. The van der Waals surface area contributed by atoms with Crippen LogP contribution in [0.1, 0.15) is 0 Å². The Kier molecular flexibility index (Phi) is 3.91. The molecule has 0 aliphatic carbocycles. The maximum atomic E-state index is 12.3. The molecule has 0 aliphatic rings. The second kappa shape index (κ2) is 3.94. The predicted octanol–water partition coefficient (Wildman–Crippen LogP) is 4.56. The van der Waals surface area contributed by atoms with E-state index in [0.29, 0.717) is 0 Å². The van der Waals surface area contributed by atoms with Gasteiger partial charge in [0.1, 0.15) is 0 Å². The van der Waals surface area contributed by atoms with Crippen molar-refractivity contribution in [2.75, 3.05) is 0 Å². The summed E-state index contributed by atoms with van der Waals surface area (Å²) >= 11 is 6.96. The van der Waals surface area contributed by atoms with Crippen molar-refractivity contribution in [3.05, 3.63) is 0 Å². The van der Waals surface area contributed by atoms with Gasteiger partial charge in [-0.15, -0.1) is 0 Å². The molecule has 0 bridgehead atoms. The van der Waals surface area contributed by atoms with Crippen LogP contribution in [0.15, 0.2) is 0 Å². The molecule has 0 aromatic carbocycles. The van der Waals surface area contributed by atoms with E-state index in [1.165, 1.54) is 0 Å². The molecule has 0 N–H and O–H groups in total. The third kappa shape index (κ3) is 2.38. The minimum absolute atomic E-state index is 3.48. The molecule has 0 fully saturated rings. The van der Waals surface area contributed by atoms with Crippen LogP contribution in [0.5, 0.6) is 0 Å². The Morgan fingerprint density at radius 2 is 0.588 bits per heavy atom. The average molecular weight is 321 g/mol. The molecule has 0 saturated carbocycles. The van der Waals surface area contributed by atoms with Crippen LogP contribution in [0.4, 0.5) is 43.9 Å². The minimum Gasteiger partial charge on any atom is -0.192 e. The molecule has 0 nitrogen and oxygen atoms in total. The lowest BCUT2D eigenvalue weighted by atomic mass is 10.0.